The van der Waals surface area contributed by atoms with Crippen LogP contribution in [-0.4, -0.2) is 23.3 Å². The molecule has 29 heavy (non-hydrogen) atoms. The molecule has 4 N–H and O–H groups in total. The van der Waals surface area contributed by atoms with E-state index < -0.39 is 5.91 Å². The van der Waals surface area contributed by atoms with Crippen molar-refractivity contribution in [2.45, 2.75) is 6.54 Å². The molecular weight excluding hydrogens is 409 g/mol. The number of fused-ring (bicyclic) bond motifs is 3. The molecule has 1 aliphatic heterocycles. The number of nitrogens with two attached hydrogens (primary N) is 2. The van der Waals surface area contributed by atoms with E-state index in [4.69, 9.17) is 34.7 Å². The van der Waals surface area contributed by atoms with Crippen molar-refractivity contribution in [3.63, 3.8) is 0 Å². The standard InChI is InChI=1S/C22H17Cl2N3O2/c1-11(21(26)28)9-27-10-17-15(22(27)29)5-4-12-2-3-13(6-16(12)17)14-7-18(23)20(25)19(24)8-14/h2-8H,1,9-10,25H2,(H2,26,28). The monoisotopic (exact) mass is 425 g/mol. The van der Waals surface area contributed by atoms with Crippen molar-refractivity contribution < 1.29 is 9.59 Å². The topological polar surface area (TPSA) is 89.4 Å². The van der Waals surface area contributed by atoms with Crippen LogP contribution in [-0.2, 0) is 11.3 Å². The molecule has 2 amide bonds. The lowest BCUT2D eigenvalue weighted by molar-refractivity contribution is -0.114. The zero-order valence-electron chi connectivity index (χ0n) is 15.3. The van der Waals surface area contributed by atoms with Crippen molar-refractivity contribution in [1.29, 1.82) is 0 Å². The fraction of sp³-hybridized carbons (Fsp3) is 0.0909. The lowest BCUT2D eigenvalue weighted by atomic mass is 9.96. The predicted molar refractivity (Wildman–Crippen MR) is 117 cm³/mol. The van der Waals surface area contributed by atoms with Crippen molar-refractivity contribution >= 4 is 51.5 Å². The average Bonchev–Trinajstić information content (AvgIpc) is 3.01. The van der Waals surface area contributed by atoms with Gasteiger partial charge in [0, 0.05) is 17.7 Å². The summed E-state index contributed by atoms with van der Waals surface area (Å²) in [5, 5.41) is 2.72. The zero-order valence-corrected chi connectivity index (χ0v) is 16.8. The van der Waals surface area contributed by atoms with Crippen LogP contribution in [0.2, 0.25) is 10.0 Å². The highest BCUT2D eigenvalue weighted by molar-refractivity contribution is 6.39. The number of anilines is 1. The van der Waals surface area contributed by atoms with Gasteiger partial charge in [0.1, 0.15) is 0 Å². The Hall–Kier alpha value is -3.02. The first-order valence-electron chi connectivity index (χ1n) is 8.83. The van der Waals surface area contributed by atoms with Crippen molar-refractivity contribution in [2.75, 3.05) is 12.3 Å². The van der Waals surface area contributed by atoms with Crippen molar-refractivity contribution in [3.05, 3.63) is 75.8 Å². The summed E-state index contributed by atoms with van der Waals surface area (Å²) in [7, 11) is 0. The van der Waals surface area contributed by atoms with Crippen LogP contribution in [0.15, 0.2) is 54.6 Å². The van der Waals surface area contributed by atoms with Gasteiger partial charge in [0.25, 0.3) is 5.91 Å². The van der Waals surface area contributed by atoms with E-state index in [1.165, 1.54) is 0 Å². The Labute approximate surface area is 177 Å². The van der Waals surface area contributed by atoms with Crippen LogP contribution >= 0.6 is 23.2 Å². The Morgan fingerprint density at radius 1 is 1.07 bits per heavy atom. The zero-order chi connectivity index (χ0) is 20.9. The second-order valence-corrected chi connectivity index (χ2v) is 7.82. The largest absolute Gasteiger partial charge is 0.396 e. The number of nitrogen functional groups attached to an aromatic ring is 1. The van der Waals surface area contributed by atoms with Crippen LogP contribution in [0, 0.1) is 0 Å². The Morgan fingerprint density at radius 2 is 1.72 bits per heavy atom. The van der Waals surface area contributed by atoms with Crippen LogP contribution in [0.3, 0.4) is 0 Å². The number of halogens is 2. The Balaban J connectivity index is 1.79. The average molecular weight is 426 g/mol. The molecule has 0 fully saturated rings. The van der Waals surface area contributed by atoms with Crippen LogP contribution in [0.5, 0.6) is 0 Å². The SMILES string of the molecule is C=C(CN1Cc2c(ccc3ccc(-c4cc(Cl)c(N)c(Cl)c4)cc23)C1=O)C(N)=O. The van der Waals surface area contributed by atoms with Crippen LogP contribution in [0.4, 0.5) is 5.69 Å². The second kappa shape index (κ2) is 7.10. The summed E-state index contributed by atoms with van der Waals surface area (Å²) in [6.45, 7) is 4.13. The smallest absolute Gasteiger partial charge is 0.254 e. The van der Waals surface area contributed by atoms with E-state index in [-0.39, 0.29) is 18.0 Å². The summed E-state index contributed by atoms with van der Waals surface area (Å²) in [5.41, 5.74) is 14.9. The molecule has 0 aromatic heterocycles. The van der Waals surface area contributed by atoms with Gasteiger partial charge in [-0.25, -0.2) is 0 Å². The number of hydrogen-bond acceptors (Lipinski definition) is 3. The summed E-state index contributed by atoms with van der Waals surface area (Å²) < 4.78 is 0. The number of amides is 2. The predicted octanol–water partition coefficient (Wildman–Crippen LogP) is 4.39. The normalized spacial score (nSPS) is 13.0. The van der Waals surface area contributed by atoms with Crippen molar-refractivity contribution in [3.8, 4) is 11.1 Å². The Bertz CT molecular complexity index is 1200. The van der Waals surface area contributed by atoms with Gasteiger partial charge >= 0.3 is 0 Å². The van der Waals surface area contributed by atoms with Gasteiger partial charge in [-0.15, -0.1) is 0 Å². The third-order valence-electron chi connectivity index (χ3n) is 5.14. The minimum absolute atomic E-state index is 0.104. The quantitative estimate of drug-likeness (QED) is 0.479. The van der Waals surface area contributed by atoms with Gasteiger partial charge in [-0.05, 0) is 51.7 Å². The molecule has 0 atom stereocenters. The molecule has 3 aromatic carbocycles. The molecule has 4 rings (SSSR count). The lowest BCUT2D eigenvalue weighted by Crippen LogP contribution is -2.30. The fourth-order valence-electron chi connectivity index (χ4n) is 3.55. The van der Waals surface area contributed by atoms with Crippen LogP contribution < -0.4 is 11.5 Å². The molecule has 0 saturated heterocycles. The number of benzene rings is 3. The van der Waals surface area contributed by atoms with E-state index in [1.54, 1.807) is 17.0 Å². The number of carbonyl (C=O) groups is 2. The highest BCUT2D eigenvalue weighted by Crippen LogP contribution is 2.37. The van der Waals surface area contributed by atoms with Crippen LogP contribution in [0.1, 0.15) is 15.9 Å². The van der Waals surface area contributed by atoms with Gasteiger partial charge in [0.05, 0.1) is 22.3 Å². The molecule has 0 unspecified atom stereocenters. The summed E-state index contributed by atoms with van der Waals surface area (Å²) in [4.78, 5) is 25.6. The summed E-state index contributed by atoms with van der Waals surface area (Å²) in [6.07, 6.45) is 0. The van der Waals surface area contributed by atoms with E-state index in [1.807, 2.05) is 30.3 Å². The van der Waals surface area contributed by atoms with E-state index >= 15 is 0 Å². The second-order valence-electron chi connectivity index (χ2n) is 7.01. The molecule has 0 saturated carbocycles. The van der Waals surface area contributed by atoms with Gasteiger partial charge in [-0.3, -0.25) is 9.59 Å². The minimum atomic E-state index is -0.613. The molecule has 5 nitrogen and oxygen atoms in total. The maximum Gasteiger partial charge on any atom is 0.254 e. The van der Waals surface area contributed by atoms with E-state index in [2.05, 4.69) is 6.58 Å². The molecule has 0 radical (unpaired) electrons. The summed E-state index contributed by atoms with van der Waals surface area (Å²) in [5.74, 6) is -0.758. The molecule has 7 heteroatoms. The third-order valence-corrected chi connectivity index (χ3v) is 5.77. The maximum atomic E-state index is 12.8. The van der Waals surface area contributed by atoms with E-state index in [0.717, 1.165) is 27.5 Å². The highest BCUT2D eigenvalue weighted by atomic mass is 35.5. The first kappa shape index (κ1) is 19.3. The van der Waals surface area contributed by atoms with Gasteiger partial charge < -0.3 is 16.4 Å². The maximum absolute atomic E-state index is 12.8. The molecule has 0 spiro atoms. The highest BCUT2D eigenvalue weighted by Gasteiger charge is 2.29. The van der Waals surface area contributed by atoms with E-state index in [9.17, 15) is 9.59 Å². The lowest BCUT2D eigenvalue weighted by Gasteiger charge is -2.15. The first-order valence-corrected chi connectivity index (χ1v) is 9.59. The van der Waals surface area contributed by atoms with Gasteiger partial charge in [0.2, 0.25) is 5.91 Å². The molecule has 3 aromatic rings. The van der Waals surface area contributed by atoms with Crippen molar-refractivity contribution in [1.82, 2.24) is 4.90 Å². The molecule has 1 aliphatic rings. The van der Waals surface area contributed by atoms with E-state index in [0.29, 0.717) is 27.8 Å². The van der Waals surface area contributed by atoms with Gasteiger partial charge in [0.15, 0.2) is 0 Å². The minimum Gasteiger partial charge on any atom is -0.396 e. The Morgan fingerprint density at radius 3 is 2.38 bits per heavy atom. The molecule has 146 valence electrons. The molecule has 1 heterocycles. The number of nitrogens with zero attached hydrogens (tertiary/aromatic N) is 1. The van der Waals surface area contributed by atoms with Crippen molar-refractivity contribution in [2.24, 2.45) is 5.73 Å². The first-order chi connectivity index (χ1) is 13.8. The number of hydrogen-bond donors (Lipinski definition) is 2. The van der Waals surface area contributed by atoms with Gasteiger partial charge in [-0.1, -0.05) is 48.0 Å². The summed E-state index contributed by atoms with van der Waals surface area (Å²) >= 11 is 12.4. The Kier molecular flexibility index (Phi) is 4.73. The number of rotatable bonds is 4. The fourth-order valence-corrected chi connectivity index (χ4v) is 4.04. The van der Waals surface area contributed by atoms with Crippen LogP contribution in [0.25, 0.3) is 21.9 Å². The molecule has 0 bridgehead atoms. The molecular formula is C22H17Cl2N3O2. The van der Waals surface area contributed by atoms with Gasteiger partial charge in [-0.2, -0.15) is 0 Å². The molecule has 0 aliphatic carbocycles. The number of primary amides is 1. The summed E-state index contributed by atoms with van der Waals surface area (Å²) in [6, 6.07) is 13.2. The number of carbonyl (C=O) groups excluding carboxylic acids is 2. The third kappa shape index (κ3) is 3.33.